The Labute approximate surface area is 147 Å². The molecule has 0 unspecified atom stereocenters. The van der Waals surface area contributed by atoms with Crippen LogP contribution in [0.2, 0.25) is 0 Å². The SMILES string of the molecule is COCC(=O)N1[C@@H](C(=O)O)COC12CCN(Cc1ccccc1)CC2. The van der Waals surface area contributed by atoms with E-state index in [0.29, 0.717) is 12.8 Å². The van der Waals surface area contributed by atoms with E-state index in [9.17, 15) is 14.7 Å². The van der Waals surface area contributed by atoms with Crippen LogP contribution >= 0.6 is 0 Å². The van der Waals surface area contributed by atoms with Crippen molar-refractivity contribution in [1.29, 1.82) is 0 Å². The third-order valence-electron chi connectivity index (χ3n) is 4.97. The molecule has 0 radical (unpaired) electrons. The molecule has 1 atom stereocenters. The van der Waals surface area contributed by atoms with Crippen LogP contribution in [0, 0.1) is 0 Å². The molecule has 25 heavy (non-hydrogen) atoms. The second-order valence-corrected chi connectivity index (χ2v) is 6.57. The van der Waals surface area contributed by atoms with Crippen molar-refractivity contribution in [3.05, 3.63) is 35.9 Å². The molecule has 7 heteroatoms. The van der Waals surface area contributed by atoms with Crippen LogP contribution < -0.4 is 0 Å². The van der Waals surface area contributed by atoms with Crippen molar-refractivity contribution in [3.8, 4) is 0 Å². The van der Waals surface area contributed by atoms with Crippen molar-refractivity contribution < 1.29 is 24.2 Å². The molecule has 2 aliphatic heterocycles. The van der Waals surface area contributed by atoms with Gasteiger partial charge in [0.05, 0.1) is 6.61 Å². The van der Waals surface area contributed by atoms with E-state index in [-0.39, 0.29) is 19.1 Å². The minimum atomic E-state index is -1.03. The number of amides is 1. The summed E-state index contributed by atoms with van der Waals surface area (Å²) in [5.41, 5.74) is 0.410. The molecule has 3 rings (SSSR count). The molecule has 2 saturated heterocycles. The molecule has 0 aliphatic carbocycles. The Hall–Kier alpha value is -1.96. The van der Waals surface area contributed by atoms with Crippen molar-refractivity contribution in [2.45, 2.75) is 31.2 Å². The lowest BCUT2D eigenvalue weighted by atomic mass is 9.97. The highest BCUT2D eigenvalue weighted by Gasteiger charge is 2.53. The van der Waals surface area contributed by atoms with Gasteiger partial charge in [0, 0.05) is 39.6 Å². The largest absolute Gasteiger partial charge is 0.480 e. The fourth-order valence-corrected chi connectivity index (χ4v) is 3.73. The number of carbonyl (C=O) groups is 2. The van der Waals surface area contributed by atoms with Crippen LogP contribution in [0.3, 0.4) is 0 Å². The third-order valence-corrected chi connectivity index (χ3v) is 4.97. The standard InChI is InChI=1S/C18H24N2O5/c1-24-13-16(21)20-15(17(22)23)12-25-18(20)7-9-19(10-8-18)11-14-5-3-2-4-6-14/h2-6,15H,7-13H2,1H3,(H,22,23)/t15-/m1/s1. The molecule has 136 valence electrons. The Bertz CT molecular complexity index is 613. The third kappa shape index (κ3) is 3.68. The maximum Gasteiger partial charge on any atom is 0.328 e. The molecule has 1 spiro atoms. The second kappa shape index (κ2) is 7.51. The molecule has 1 aromatic rings. The van der Waals surface area contributed by atoms with Crippen LogP contribution in [0.25, 0.3) is 0 Å². The van der Waals surface area contributed by atoms with Gasteiger partial charge in [-0.2, -0.15) is 0 Å². The summed E-state index contributed by atoms with van der Waals surface area (Å²) in [4.78, 5) is 27.7. The highest BCUT2D eigenvalue weighted by Crippen LogP contribution is 2.37. The number of carbonyl (C=O) groups excluding carboxylic acids is 1. The fraction of sp³-hybridized carbons (Fsp3) is 0.556. The monoisotopic (exact) mass is 348 g/mol. The predicted molar refractivity (Wildman–Crippen MR) is 89.8 cm³/mol. The van der Waals surface area contributed by atoms with Crippen molar-refractivity contribution in [2.75, 3.05) is 33.4 Å². The summed E-state index contributed by atoms with van der Waals surface area (Å²) in [6.45, 7) is 2.23. The summed E-state index contributed by atoms with van der Waals surface area (Å²) >= 11 is 0. The van der Waals surface area contributed by atoms with Gasteiger partial charge in [-0.05, 0) is 5.56 Å². The van der Waals surface area contributed by atoms with E-state index < -0.39 is 17.7 Å². The van der Waals surface area contributed by atoms with Gasteiger partial charge in [-0.25, -0.2) is 4.79 Å². The molecule has 1 amide bonds. The van der Waals surface area contributed by atoms with Crippen LogP contribution in [-0.2, 0) is 25.6 Å². The Morgan fingerprint density at radius 2 is 1.96 bits per heavy atom. The lowest BCUT2D eigenvalue weighted by Crippen LogP contribution is -2.58. The van der Waals surface area contributed by atoms with Crippen LogP contribution in [0.1, 0.15) is 18.4 Å². The number of hydrogen-bond acceptors (Lipinski definition) is 5. The number of ether oxygens (including phenoxy) is 2. The summed E-state index contributed by atoms with van der Waals surface area (Å²) in [6, 6.07) is 9.26. The Balaban J connectivity index is 1.69. The van der Waals surface area contributed by atoms with Gasteiger partial charge >= 0.3 is 5.97 Å². The van der Waals surface area contributed by atoms with Gasteiger partial charge in [0.15, 0.2) is 6.04 Å². The smallest absolute Gasteiger partial charge is 0.328 e. The summed E-state index contributed by atoms with van der Waals surface area (Å²) in [6.07, 6.45) is 1.19. The van der Waals surface area contributed by atoms with Gasteiger partial charge in [0.2, 0.25) is 0 Å². The maximum atomic E-state index is 12.5. The molecule has 0 aromatic heterocycles. The van der Waals surface area contributed by atoms with Gasteiger partial charge in [0.1, 0.15) is 12.3 Å². The molecular formula is C18H24N2O5. The number of carboxylic acids is 1. The molecule has 2 heterocycles. The zero-order valence-electron chi connectivity index (χ0n) is 14.4. The zero-order chi connectivity index (χ0) is 17.9. The summed E-state index contributed by atoms with van der Waals surface area (Å²) in [5.74, 6) is -1.36. The van der Waals surface area contributed by atoms with Crippen LogP contribution in [0.5, 0.6) is 0 Å². The number of benzene rings is 1. The molecular weight excluding hydrogens is 324 g/mol. The number of likely N-dealkylation sites (tertiary alicyclic amines) is 1. The Morgan fingerprint density at radius 3 is 2.56 bits per heavy atom. The maximum absolute atomic E-state index is 12.5. The van der Waals surface area contributed by atoms with Gasteiger partial charge in [-0.15, -0.1) is 0 Å². The van der Waals surface area contributed by atoms with Crippen LogP contribution in [-0.4, -0.2) is 72.0 Å². The van der Waals surface area contributed by atoms with Gasteiger partial charge in [-0.1, -0.05) is 30.3 Å². The van der Waals surface area contributed by atoms with Crippen molar-refractivity contribution >= 4 is 11.9 Å². The van der Waals surface area contributed by atoms with E-state index >= 15 is 0 Å². The number of hydrogen-bond donors (Lipinski definition) is 1. The van der Waals surface area contributed by atoms with E-state index in [1.807, 2.05) is 18.2 Å². The molecule has 0 bridgehead atoms. The predicted octanol–water partition coefficient (Wildman–Crippen LogP) is 0.937. The first kappa shape index (κ1) is 17.8. The van der Waals surface area contributed by atoms with E-state index in [1.165, 1.54) is 17.6 Å². The number of aliphatic carboxylic acids is 1. The van der Waals surface area contributed by atoms with Gasteiger partial charge in [0.25, 0.3) is 5.91 Å². The van der Waals surface area contributed by atoms with Crippen molar-refractivity contribution in [3.63, 3.8) is 0 Å². The van der Waals surface area contributed by atoms with E-state index in [1.54, 1.807) is 0 Å². The molecule has 1 aromatic carbocycles. The summed E-state index contributed by atoms with van der Waals surface area (Å²) < 4.78 is 10.8. The number of nitrogens with zero attached hydrogens (tertiary/aromatic N) is 2. The Morgan fingerprint density at radius 1 is 1.28 bits per heavy atom. The normalized spacial score (nSPS) is 23.1. The first-order chi connectivity index (χ1) is 12.1. The number of methoxy groups -OCH3 is 1. The second-order valence-electron chi connectivity index (χ2n) is 6.57. The van der Waals surface area contributed by atoms with Crippen LogP contribution in [0.15, 0.2) is 30.3 Å². The lowest BCUT2D eigenvalue weighted by molar-refractivity contribution is -0.169. The molecule has 2 fully saturated rings. The summed E-state index contributed by atoms with van der Waals surface area (Å²) in [7, 11) is 1.43. The minimum Gasteiger partial charge on any atom is -0.480 e. The average Bonchev–Trinajstić information content (AvgIpc) is 2.98. The number of piperidine rings is 1. The quantitative estimate of drug-likeness (QED) is 0.853. The van der Waals surface area contributed by atoms with Crippen LogP contribution in [0.4, 0.5) is 0 Å². The minimum absolute atomic E-state index is 0.0312. The fourth-order valence-electron chi connectivity index (χ4n) is 3.73. The van der Waals surface area contributed by atoms with Gasteiger partial charge in [-0.3, -0.25) is 14.6 Å². The lowest BCUT2D eigenvalue weighted by Gasteiger charge is -2.44. The highest BCUT2D eigenvalue weighted by molar-refractivity contribution is 5.85. The first-order valence-corrected chi connectivity index (χ1v) is 8.50. The van der Waals surface area contributed by atoms with E-state index in [4.69, 9.17) is 9.47 Å². The molecule has 7 nitrogen and oxygen atoms in total. The number of rotatable bonds is 5. The van der Waals surface area contributed by atoms with E-state index in [0.717, 1.165) is 19.6 Å². The topological polar surface area (TPSA) is 79.3 Å². The summed E-state index contributed by atoms with van der Waals surface area (Å²) in [5, 5.41) is 9.44. The molecule has 0 saturated carbocycles. The first-order valence-electron chi connectivity index (χ1n) is 8.50. The molecule has 1 N–H and O–H groups in total. The zero-order valence-corrected chi connectivity index (χ0v) is 14.4. The van der Waals surface area contributed by atoms with Gasteiger partial charge < -0.3 is 14.6 Å². The highest BCUT2D eigenvalue weighted by atomic mass is 16.5. The average molecular weight is 348 g/mol. The van der Waals surface area contributed by atoms with Crippen molar-refractivity contribution in [2.24, 2.45) is 0 Å². The molecule has 2 aliphatic rings. The van der Waals surface area contributed by atoms with Crippen molar-refractivity contribution in [1.82, 2.24) is 9.80 Å². The van der Waals surface area contributed by atoms with E-state index in [2.05, 4.69) is 17.0 Å². The number of carboxylic acid groups (broad SMARTS) is 1. The Kier molecular flexibility index (Phi) is 5.36.